The predicted molar refractivity (Wildman–Crippen MR) is 151 cm³/mol. The van der Waals surface area contributed by atoms with Crippen molar-refractivity contribution in [3.05, 3.63) is 28.8 Å². The van der Waals surface area contributed by atoms with E-state index in [1.165, 1.54) is 7.11 Å². The highest BCUT2D eigenvalue weighted by Gasteiger charge is 2.90. The maximum absolute atomic E-state index is 12.0. The second-order valence-corrected chi connectivity index (χ2v) is 11.7. The average Bonchev–Trinajstić information content (AvgIpc) is 3.65. The molecule has 0 aromatic heterocycles. The van der Waals surface area contributed by atoms with Crippen LogP contribution in [-0.4, -0.2) is 72.6 Å². The molecule has 5 atom stereocenters. The summed E-state index contributed by atoms with van der Waals surface area (Å²) in [4.78, 5) is 0. The summed E-state index contributed by atoms with van der Waals surface area (Å²) in [6, 6.07) is 3.69. The van der Waals surface area contributed by atoms with Crippen molar-refractivity contribution in [2.24, 2.45) is 0 Å². The van der Waals surface area contributed by atoms with Gasteiger partial charge in [0.15, 0.2) is 11.9 Å². The molecule has 3 unspecified atom stereocenters. The van der Waals surface area contributed by atoms with Crippen LogP contribution in [0.3, 0.4) is 0 Å². The molecule has 220 valence electrons. The molecule has 0 radical (unpaired) electrons. The van der Waals surface area contributed by atoms with Crippen LogP contribution in [0.2, 0.25) is 0 Å². The Hall–Kier alpha value is -3.02. The Kier molecular flexibility index (Phi) is 5.89. The van der Waals surface area contributed by atoms with Crippen LogP contribution in [0.25, 0.3) is 21.5 Å². The normalized spacial score (nSPS) is 30.7. The fourth-order valence-corrected chi connectivity index (χ4v) is 7.38. The number of nitrogens with one attached hydrogen (secondary N) is 1. The Morgan fingerprint density at radius 2 is 1.71 bits per heavy atom. The molecular weight excluding hydrogens is 530 g/mol. The van der Waals surface area contributed by atoms with Gasteiger partial charge in [0, 0.05) is 30.0 Å². The fraction of sp³-hybridized carbons (Fsp3) is 0.548. The standard InChI is InChI=1S/C31H37NO9/c1-15-12-17-20(24(35)21-18(23(17)34)13-16(2)22(32-4)26(21)36-5)25-19(15)27-28-31(40-25,37-11-9-7-6-8-10-33)30(14-38-30)29(3,39-27)41-28/h12-13,27-28,32-35H,6-11,14H2,1-5H3/t27?,28?,29?,30-,31-/m1/s1. The van der Waals surface area contributed by atoms with Crippen molar-refractivity contribution in [2.45, 2.75) is 75.8 Å². The van der Waals surface area contributed by atoms with Crippen LogP contribution >= 0.6 is 0 Å². The first kappa shape index (κ1) is 26.9. The number of aromatic hydroxyl groups is 2. The molecule has 0 saturated carbocycles. The molecule has 7 rings (SSSR count). The largest absolute Gasteiger partial charge is 0.507 e. The summed E-state index contributed by atoms with van der Waals surface area (Å²) in [6.07, 6.45) is 2.23. The first-order valence-corrected chi connectivity index (χ1v) is 14.3. The Bertz CT molecular complexity index is 1580. The number of hydrogen-bond donors (Lipinski definition) is 4. The van der Waals surface area contributed by atoms with Gasteiger partial charge in [0.2, 0.25) is 11.4 Å². The number of unbranched alkanes of at least 4 members (excludes halogenated alkanes) is 3. The van der Waals surface area contributed by atoms with Crippen molar-refractivity contribution < 1.29 is 43.7 Å². The van der Waals surface area contributed by atoms with Crippen LogP contribution < -0.4 is 14.8 Å². The molecule has 1 spiro atoms. The molecule has 41 heavy (non-hydrogen) atoms. The molecule has 10 heteroatoms. The van der Waals surface area contributed by atoms with E-state index < -0.39 is 29.4 Å². The van der Waals surface area contributed by atoms with E-state index in [1.807, 2.05) is 32.9 Å². The third kappa shape index (κ3) is 3.25. The Morgan fingerprint density at radius 1 is 1.00 bits per heavy atom. The van der Waals surface area contributed by atoms with Gasteiger partial charge in [0.25, 0.3) is 5.79 Å². The first-order chi connectivity index (χ1) is 19.7. The summed E-state index contributed by atoms with van der Waals surface area (Å²) < 4.78 is 38.4. The quantitative estimate of drug-likeness (QED) is 0.125. The predicted octanol–water partition coefficient (Wildman–Crippen LogP) is 4.68. The lowest BCUT2D eigenvalue weighted by atomic mass is 9.79. The lowest BCUT2D eigenvalue weighted by Gasteiger charge is -2.48. The molecule has 0 amide bonds. The van der Waals surface area contributed by atoms with Gasteiger partial charge in [-0.25, -0.2) is 0 Å². The van der Waals surface area contributed by atoms with Gasteiger partial charge in [-0.2, -0.15) is 0 Å². The molecule has 3 aromatic carbocycles. The van der Waals surface area contributed by atoms with Crippen molar-refractivity contribution in [1.82, 2.24) is 0 Å². The van der Waals surface area contributed by atoms with E-state index in [0.717, 1.165) is 42.4 Å². The number of epoxide rings is 1. The molecule has 4 aliphatic heterocycles. The number of aliphatic hydroxyl groups excluding tert-OH is 1. The van der Waals surface area contributed by atoms with Crippen molar-refractivity contribution in [3.63, 3.8) is 0 Å². The molecule has 0 aliphatic carbocycles. The number of phenols is 2. The Balaban J connectivity index is 1.44. The topological polar surface area (TPSA) is 131 Å². The number of hydrogen-bond acceptors (Lipinski definition) is 10. The van der Waals surface area contributed by atoms with E-state index >= 15 is 0 Å². The lowest BCUT2D eigenvalue weighted by molar-refractivity contribution is -0.294. The Labute approximate surface area is 238 Å². The van der Waals surface area contributed by atoms with E-state index in [2.05, 4.69) is 5.32 Å². The van der Waals surface area contributed by atoms with Gasteiger partial charge in [-0.05, 0) is 56.9 Å². The minimum Gasteiger partial charge on any atom is -0.507 e. The van der Waals surface area contributed by atoms with Gasteiger partial charge in [-0.1, -0.05) is 12.8 Å². The molecule has 4 N–H and O–H groups in total. The zero-order valence-electron chi connectivity index (χ0n) is 24.1. The maximum atomic E-state index is 12.0. The summed E-state index contributed by atoms with van der Waals surface area (Å²) in [5.41, 5.74) is 2.19. The van der Waals surface area contributed by atoms with E-state index in [-0.39, 0.29) is 18.1 Å². The van der Waals surface area contributed by atoms with Crippen LogP contribution in [0.1, 0.15) is 55.4 Å². The molecule has 3 saturated heterocycles. The van der Waals surface area contributed by atoms with Crippen molar-refractivity contribution in [3.8, 4) is 23.0 Å². The fourth-order valence-electron chi connectivity index (χ4n) is 7.38. The van der Waals surface area contributed by atoms with Crippen molar-refractivity contribution >= 4 is 27.2 Å². The molecule has 10 nitrogen and oxygen atoms in total. The van der Waals surface area contributed by atoms with Crippen LogP contribution in [0.15, 0.2) is 12.1 Å². The number of fused-ring (bicyclic) bond motifs is 8. The van der Waals surface area contributed by atoms with E-state index in [9.17, 15) is 10.2 Å². The highest BCUT2D eigenvalue weighted by atomic mass is 16.9. The number of aryl methyl sites for hydroxylation is 2. The molecular formula is C31H37NO9. The monoisotopic (exact) mass is 567 g/mol. The minimum atomic E-state index is -1.31. The zero-order chi connectivity index (χ0) is 28.9. The third-order valence-corrected chi connectivity index (χ3v) is 9.43. The summed E-state index contributed by atoms with van der Waals surface area (Å²) in [5.74, 6) is -1.61. The second kappa shape index (κ2) is 8.99. The number of aliphatic hydroxyl groups is 1. The zero-order valence-corrected chi connectivity index (χ0v) is 24.1. The first-order valence-electron chi connectivity index (χ1n) is 14.3. The number of methoxy groups -OCH3 is 1. The number of anilines is 1. The maximum Gasteiger partial charge on any atom is 0.277 e. The second-order valence-electron chi connectivity index (χ2n) is 11.7. The number of benzene rings is 3. The summed E-state index contributed by atoms with van der Waals surface area (Å²) in [6.45, 7) is 6.64. The number of rotatable bonds is 9. The van der Waals surface area contributed by atoms with Crippen LogP contribution in [0.5, 0.6) is 23.0 Å². The third-order valence-electron chi connectivity index (χ3n) is 9.43. The SMILES string of the molecule is CNc1c(C)cc2c(O)c3cc(C)c4c(c3c(O)c2c1OC)O[C@]1(OCCCCCCO)C2OC(C)(OC42)[C@]12CO2. The number of ether oxygens (including phenoxy) is 6. The van der Waals surface area contributed by atoms with E-state index in [4.69, 9.17) is 33.5 Å². The van der Waals surface area contributed by atoms with E-state index in [0.29, 0.717) is 51.9 Å². The molecule has 4 heterocycles. The van der Waals surface area contributed by atoms with Gasteiger partial charge >= 0.3 is 0 Å². The average molecular weight is 568 g/mol. The van der Waals surface area contributed by atoms with Crippen LogP contribution in [-0.2, 0) is 18.9 Å². The summed E-state index contributed by atoms with van der Waals surface area (Å²) in [5, 5.41) is 37.5. The molecule has 4 aliphatic rings. The van der Waals surface area contributed by atoms with E-state index in [1.54, 1.807) is 7.05 Å². The van der Waals surface area contributed by atoms with Gasteiger partial charge < -0.3 is 49.1 Å². The minimum absolute atomic E-state index is 0.0201. The molecule has 3 fully saturated rings. The smallest absolute Gasteiger partial charge is 0.277 e. The Morgan fingerprint density at radius 3 is 2.39 bits per heavy atom. The van der Waals surface area contributed by atoms with Crippen molar-refractivity contribution in [1.29, 1.82) is 0 Å². The number of phenolic OH excluding ortho intramolecular Hbond substituents is 2. The van der Waals surface area contributed by atoms with Crippen molar-refractivity contribution in [2.75, 3.05) is 39.3 Å². The van der Waals surface area contributed by atoms with Crippen LogP contribution in [0.4, 0.5) is 5.69 Å². The summed E-state index contributed by atoms with van der Waals surface area (Å²) in [7, 11) is 3.33. The van der Waals surface area contributed by atoms with Crippen LogP contribution in [0, 0.1) is 13.8 Å². The van der Waals surface area contributed by atoms with Gasteiger partial charge in [0.05, 0.1) is 36.8 Å². The molecule has 2 bridgehead atoms. The van der Waals surface area contributed by atoms with Gasteiger partial charge in [0.1, 0.15) is 23.4 Å². The lowest BCUT2D eigenvalue weighted by Crippen LogP contribution is -2.67. The molecule has 3 aromatic rings. The highest BCUT2D eigenvalue weighted by molar-refractivity contribution is 6.16. The summed E-state index contributed by atoms with van der Waals surface area (Å²) >= 11 is 0. The van der Waals surface area contributed by atoms with Gasteiger partial charge in [-0.15, -0.1) is 0 Å². The highest BCUT2D eigenvalue weighted by Crippen LogP contribution is 2.71. The van der Waals surface area contributed by atoms with Gasteiger partial charge in [-0.3, -0.25) is 0 Å².